The fourth-order valence-electron chi connectivity index (χ4n) is 1.99. The van der Waals surface area contributed by atoms with E-state index in [2.05, 4.69) is 4.99 Å². The van der Waals surface area contributed by atoms with Crippen molar-refractivity contribution in [3.8, 4) is 0 Å². The van der Waals surface area contributed by atoms with Gasteiger partial charge in [0.25, 0.3) is 0 Å². The van der Waals surface area contributed by atoms with Crippen molar-refractivity contribution in [2.45, 2.75) is 42.8 Å². The van der Waals surface area contributed by atoms with Gasteiger partial charge < -0.3 is 25.0 Å². The van der Waals surface area contributed by atoms with Gasteiger partial charge in [0.2, 0.25) is 0 Å². The van der Waals surface area contributed by atoms with Crippen molar-refractivity contribution in [3.63, 3.8) is 0 Å². The van der Waals surface area contributed by atoms with Gasteiger partial charge >= 0.3 is 0 Å². The Labute approximate surface area is 104 Å². The summed E-state index contributed by atoms with van der Waals surface area (Å²) in [7, 11) is 3.72. The molecule has 0 aromatic heterocycles. The minimum absolute atomic E-state index is 0.342. The lowest BCUT2D eigenvalue weighted by molar-refractivity contribution is -0.181. The number of rotatable bonds is 1. The van der Waals surface area contributed by atoms with Crippen molar-refractivity contribution in [3.05, 3.63) is 0 Å². The minimum atomic E-state index is -1.11. The highest BCUT2D eigenvalue weighted by Gasteiger charge is 2.49. The molecule has 6 atom stereocenters. The van der Waals surface area contributed by atoms with E-state index in [1.807, 2.05) is 19.0 Å². The van der Waals surface area contributed by atoms with E-state index in [1.54, 1.807) is 0 Å². The molecule has 98 valence electrons. The Balaban J connectivity index is 2.15. The van der Waals surface area contributed by atoms with Crippen LogP contribution in [0.5, 0.6) is 0 Å². The molecule has 2 rings (SSSR count). The summed E-state index contributed by atoms with van der Waals surface area (Å²) in [4.78, 5) is 6.16. The molecule has 2 aliphatic rings. The van der Waals surface area contributed by atoms with E-state index < -0.39 is 30.5 Å². The first-order valence-electron chi connectivity index (χ1n) is 5.53. The molecule has 0 aromatic rings. The van der Waals surface area contributed by atoms with E-state index >= 15 is 0 Å². The summed E-state index contributed by atoms with van der Waals surface area (Å²) < 4.78 is 5.60. The molecule has 2 heterocycles. The van der Waals surface area contributed by atoms with Crippen molar-refractivity contribution >= 4 is 16.9 Å². The number of aliphatic hydroxyl groups excluding tert-OH is 3. The maximum Gasteiger partial charge on any atom is 0.161 e. The number of hydrogen-bond acceptors (Lipinski definition) is 7. The molecule has 1 saturated heterocycles. The van der Waals surface area contributed by atoms with E-state index in [4.69, 9.17) is 4.74 Å². The van der Waals surface area contributed by atoms with E-state index in [-0.39, 0.29) is 5.44 Å². The fourth-order valence-corrected chi connectivity index (χ4v) is 3.14. The Morgan fingerprint density at radius 2 is 2.00 bits per heavy atom. The van der Waals surface area contributed by atoms with E-state index in [1.165, 1.54) is 18.7 Å². The first-order valence-corrected chi connectivity index (χ1v) is 6.41. The lowest BCUT2D eigenvalue weighted by Gasteiger charge is -2.39. The smallest absolute Gasteiger partial charge is 0.161 e. The van der Waals surface area contributed by atoms with Gasteiger partial charge in [0.1, 0.15) is 29.8 Å². The zero-order valence-corrected chi connectivity index (χ0v) is 10.8. The summed E-state index contributed by atoms with van der Waals surface area (Å²) in [5.41, 5.74) is -0.342. The third-order valence-corrected chi connectivity index (χ3v) is 4.25. The second kappa shape index (κ2) is 4.74. The van der Waals surface area contributed by atoms with Crippen LogP contribution in [0.3, 0.4) is 0 Å². The van der Waals surface area contributed by atoms with Crippen LogP contribution >= 0.6 is 11.8 Å². The van der Waals surface area contributed by atoms with E-state index in [9.17, 15) is 15.3 Å². The summed E-state index contributed by atoms with van der Waals surface area (Å²) in [5.74, 6) is 0. The number of nitrogens with zero attached hydrogens (tertiary/aromatic N) is 2. The summed E-state index contributed by atoms with van der Waals surface area (Å²) in [5, 5.41) is 30.1. The number of ether oxygens (including phenoxy) is 1. The van der Waals surface area contributed by atoms with Crippen LogP contribution in [-0.2, 0) is 4.74 Å². The Kier molecular flexibility index (Phi) is 3.65. The van der Waals surface area contributed by atoms with Crippen molar-refractivity contribution in [2.24, 2.45) is 4.99 Å². The van der Waals surface area contributed by atoms with Gasteiger partial charge in [0, 0.05) is 14.1 Å². The number of amidine groups is 1. The van der Waals surface area contributed by atoms with Crippen LogP contribution in [0.25, 0.3) is 0 Å². The molecule has 0 aliphatic carbocycles. The van der Waals surface area contributed by atoms with Crippen LogP contribution in [0.2, 0.25) is 0 Å². The van der Waals surface area contributed by atoms with Crippen molar-refractivity contribution in [1.29, 1.82) is 0 Å². The molecule has 1 unspecified atom stereocenters. The third kappa shape index (κ3) is 2.30. The molecule has 7 heteroatoms. The maximum absolute atomic E-state index is 9.99. The normalized spacial score (nSPS) is 42.9. The number of aliphatic imine (C=N–C) groups is 1. The largest absolute Gasteiger partial charge is 0.391 e. The van der Waals surface area contributed by atoms with Gasteiger partial charge in [0.05, 0.1) is 6.10 Å². The van der Waals surface area contributed by atoms with Gasteiger partial charge in [-0.15, -0.1) is 0 Å². The molecule has 0 radical (unpaired) electrons. The number of hydrogen-bond donors (Lipinski definition) is 3. The SMILES string of the molecule is CC(O)[C@H]1O[C@@H]2SC(N(C)C)=N[C@@H]2[C@@H](O)[C@@H]1O. The van der Waals surface area contributed by atoms with Crippen LogP contribution in [0.15, 0.2) is 4.99 Å². The quantitative estimate of drug-likeness (QED) is 0.553. The maximum atomic E-state index is 9.99. The number of aliphatic hydroxyl groups is 3. The zero-order chi connectivity index (χ0) is 12.7. The van der Waals surface area contributed by atoms with Crippen LogP contribution in [0, 0.1) is 0 Å². The van der Waals surface area contributed by atoms with Gasteiger partial charge in [0.15, 0.2) is 5.17 Å². The molecule has 17 heavy (non-hydrogen) atoms. The molecule has 2 aliphatic heterocycles. The van der Waals surface area contributed by atoms with Gasteiger partial charge in [-0.2, -0.15) is 0 Å². The second-order valence-electron chi connectivity index (χ2n) is 4.61. The Morgan fingerprint density at radius 3 is 2.53 bits per heavy atom. The predicted molar refractivity (Wildman–Crippen MR) is 64.9 cm³/mol. The lowest BCUT2D eigenvalue weighted by atomic mass is 9.95. The number of thioether (sulfide) groups is 1. The highest BCUT2D eigenvalue weighted by atomic mass is 32.2. The predicted octanol–water partition coefficient (Wildman–Crippen LogP) is -1.15. The average Bonchev–Trinajstić information content (AvgIpc) is 2.67. The molecule has 0 amide bonds. The van der Waals surface area contributed by atoms with Crippen molar-refractivity contribution < 1.29 is 20.1 Å². The molecule has 6 nitrogen and oxygen atoms in total. The first kappa shape index (κ1) is 13.1. The molecule has 0 spiro atoms. The van der Waals surface area contributed by atoms with E-state index in [0.29, 0.717) is 0 Å². The molecular formula is C10H18N2O4S. The minimum Gasteiger partial charge on any atom is -0.391 e. The van der Waals surface area contributed by atoms with Crippen LogP contribution in [0.4, 0.5) is 0 Å². The Morgan fingerprint density at radius 1 is 1.35 bits per heavy atom. The van der Waals surface area contributed by atoms with E-state index in [0.717, 1.165) is 5.17 Å². The topological polar surface area (TPSA) is 85.5 Å². The first-order chi connectivity index (χ1) is 7.91. The highest BCUT2D eigenvalue weighted by Crippen LogP contribution is 2.37. The van der Waals surface area contributed by atoms with Gasteiger partial charge in [-0.25, -0.2) is 0 Å². The Hall–Kier alpha value is -0.340. The van der Waals surface area contributed by atoms with Gasteiger partial charge in [-0.05, 0) is 6.92 Å². The van der Waals surface area contributed by atoms with Gasteiger partial charge in [-0.1, -0.05) is 11.8 Å². The summed E-state index contributed by atoms with van der Waals surface area (Å²) in [6, 6.07) is -0.470. The molecule has 0 aromatic carbocycles. The van der Waals surface area contributed by atoms with Gasteiger partial charge in [-0.3, -0.25) is 4.99 Å². The van der Waals surface area contributed by atoms with Crippen LogP contribution < -0.4 is 0 Å². The average molecular weight is 262 g/mol. The summed E-state index contributed by atoms with van der Waals surface area (Å²) in [6.45, 7) is 1.54. The number of fused-ring (bicyclic) bond motifs is 1. The Bertz CT molecular complexity index is 323. The summed E-state index contributed by atoms with van der Waals surface area (Å²) in [6.07, 6.45) is -3.71. The van der Waals surface area contributed by atoms with Crippen LogP contribution in [0.1, 0.15) is 6.92 Å². The molecule has 3 N–H and O–H groups in total. The molecule has 1 fully saturated rings. The molecule has 0 saturated carbocycles. The van der Waals surface area contributed by atoms with Crippen molar-refractivity contribution in [1.82, 2.24) is 4.90 Å². The second-order valence-corrected chi connectivity index (χ2v) is 5.67. The fraction of sp³-hybridized carbons (Fsp3) is 0.900. The monoisotopic (exact) mass is 262 g/mol. The van der Waals surface area contributed by atoms with Crippen molar-refractivity contribution in [2.75, 3.05) is 14.1 Å². The lowest BCUT2D eigenvalue weighted by Crippen LogP contribution is -2.57. The van der Waals surface area contributed by atoms with Crippen LogP contribution in [-0.4, -0.2) is 75.4 Å². The standard InChI is InChI=1S/C10H18N2O4S/c1-4(13)8-7(15)6(14)5-9(16-8)17-10(11-5)12(2)3/h4-9,13-15H,1-3H3/t4?,5-,6-,7+,8-,9-/m1/s1. The third-order valence-electron chi connectivity index (χ3n) is 2.95. The highest BCUT2D eigenvalue weighted by molar-refractivity contribution is 8.14. The summed E-state index contributed by atoms with van der Waals surface area (Å²) >= 11 is 1.40. The molecule has 0 bridgehead atoms. The molecular weight excluding hydrogens is 244 g/mol. The zero-order valence-electron chi connectivity index (χ0n) is 10.0.